The minimum absolute atomic E-state index is 0.0273. The number of hydrogen-bond donors (Lipinski definition) is 3. The van der Waals surface area contributed by atoms with E-state index in [4.69, 9.17) is 10.8 Å². The summed E-state index contributed by atoms with van der Waals surface area (Å²) in [7, 11) is 1.67. The van der Waals surface area contributed by atoms with Gasteiger partial charge < -0.3 is 16.2 Å². The average Bonchev–Trinajstić information content (AvgIpc) is 2.49. The highest BCUT2D eigenvalue weighted by Crippen LogP contribution is 2.14. The van der Waals surface area contributed by atoms with Crippen LogP contribution in [0.5, 0.6) is 0 Å². The van der Waals surface area contributed by atoms with Gasteiger partial charge in [-0.3, -0.25) is 9.48 Å². The topological polar surface area (TPSA) is 93.2 Å². The van der Waals surface area contributed by atoms with E-state index in [1.807, 2.05) is 6.92 Å². The first kappa shape index (κ1) is 12.5. The molecule has 0 fully saturated rings. The molecule has 0 spiro atoms. The number of rotatable bonds is 4. The van der Waals surface area contributed by atoms with E-state index in [1.165, 1.54) is 4.68 Å². The number of aromatic nitrogens is 2. The Hall–Kier alpha value is -1.56. The average molecular weight is 226 g/mol. The number of nitrogen functional groups attached to an aromatic ring is 1. The van der Waals surface area contributed by atoms with Gasteiger partial charge in [-0.1, -0.05) is 6.92 Å². The third kappa shape index (κ3) is 2.52. The van der Waals surface area contributed by atoms with Crippen molar-refractivity contribution in [1.82, 2.24) is 15.1 Å². The number of nitrogens with two attached hydrogens (primary N) is 1. The lowest BCUT2D eigenvalue weighted by atomic mass is 10.2. The maximum atomic E-state index is 11.8. The normalized spacial score (nSPS) is 12.5. The number of nitrogens with zero attached hydrogens (tertiary/aromatic N) is 2. The predicted octanol–water partition coefficient (Wildman–Crippen LogP) is -0.331. The summed E-state index contributed by atoms with van der Waals surface area (Å²) in [4.78, 5) is 11.8. The van der Waals surface area contributed by atoms with E-state index in [2.05, 4.69) is 10.4 Å². The fourth-order valence-corrected chi connectivity index (χ4v) is 1.36. The van der Waals surface area contributed by atoms with Crippen molar-refractivity contribution in [1.29, 1.82) is 0 Å². The van der Waals surface area contributed by atoms with Gasteiger partial charge in [0.25, 0.3) is 5.91 Å². The Morgan fingerprint density at radius 3 is 2.75 bits per heavy atom. The molecule has 1 heterocycles. The first-order valence-electron chi connectivity index (χ1n) is 5.15. The van der Waals surface area contributed by atoms with Crippen molar-refractivity contribution in [3.63, 3.8) is 0 Å². The number of carbonyl (C=O) groups is 1. The molecule has 1 atom stereocenters. The molecule has 1 aromatic rings. The highest BCUT2D eigenvalue weighted by Gasteiger charge is 2.17. The van der Waals surface area contributed by atoms with Crippen molar-refractivity contribution in [3.05, 3.63) is 11.4 Å². The van der Waals surface area contributed by atoms with Crippen molar-refractivity contribution in [3.8, 4) is 0 Å². The van der Waals surface area contributed by atoms with E-state index in [0.717, 1.165) is 0 Å². The van der Waals surface area contributed by atoms with Crippen molar-refractivity contribution in [2.24, 2.45) is 13.0 Å². The molecule has 90 valence electrons. The van der Waals surface area contributed by atoms with Crippen LogP contribution in [0, 0.1) is 12.8 Å². The quantitative estimate of drug-likeness (QED) is 0.655. The molecule has 0 aliphatic carbocycles. The number of hydrogen-bond acceptors (Lipinski definition) is 4. The molecule has 0 saturated carbocycles. The lowest BCUT2D eigenvalue weighted by Crippen LogP contribution is -2.31. The second-order valence-corrected chi connectivity index (χ2v) is 3.97. The molecule has 1 aromatic heterocycles. The molecule has 16 heavy (non-hydrogen) atoms. The Bertz CT molecular complexity index is 386. The SMILES string of the molecule is Cc1nn(C)c(C(=O)NCC(C)CO)c1N. The smallest absolute Gasteiger partial charge is 0.271 e. The second kappa shape index (κ2) is 4.98. The lowest BCUT2D eigenvalue weighted by molar-refractivity contribution is 0.0934. The van der Waals surface area contributed by atoms with Gasteiger partial charge in [0.1, 0.15) is 5.69 Å². The molecule has 0 aromatic carbocycles. The Morgan fingerprint density at radius 1 is 1.69 bits per heavy atom. The number of carbonyl (C=O) groups excluding carboxylic acids is 1. The van der Waals surface area contributed by atoms with Gasteiger partial charge in [-0.15, -0.1) is 0 Å². The Labute approximate surface area is 94.4 Å². The van der Waals surface area contributed by atoms with Crippen LogP contribution in [0.1, 0.15) is 23.1 Å². The summed E-state index contributed by atoms with van der Waals surface area (Å²) >= 11 is 0. The summed E-state index contributed by atoms with van der Waals surface area (Å²) in [6.07, 6.45) is 0. The van der Waals surface area contributed by atoms with Crippen LogP contribution in [0.4, 0.5) is 5.69 Å². The lowest BCUT2D eigenvalue weighted by Gasteiger charge is -2.10. The molecule has 0 bridgehead atoms. The van der Waals surface area contributed by atoms with Crippen LogP contribution in [0.25, 0.3) is 0 Å². The number of aliphatic hydroxyl groups excluding tert-OH is 1. The van der Waals surface area contributed by atoms with Gasteiger partial charge in [-0.2, -0.15) is 5.10 Å². The third-order valence-electron chi connectivity index (χ3n) is 2.41. The van der Waals surface area contributed by atoms with E-state index in [0.29, 0.717) is 23.6 Å². The number of aliphatic hydroxyl groups is 1. The maximum absolute atomic E-state index is 11.8. The molecule has 4 N–H and O–H groups in total. The van der Waals surface area contributed by atoms with Gasteiger partial charge in [0.2, 0.25) is 0 Å². The van der Waals surface area contributed by atoms with E-state index < -0.39 is 0 Å². The van der Waals surface area contributed by atoms with Crippen LogP contribution >= 0.6 is 0 Å². The zero-order valence-corrected chi connectivity index (χ0v) is 9.82. The van der Waals surface area contributed by atoms with E-state index in [-0.39, 0.29) is 18.4 Å². The molecule has 1 unspecified atom stereocenters. The van der Waals surface area contributed by atoms with Crippen LogP contribution in [-0.4, -0.2) is 33.9 Å². The van der Waals surface area contributed by atoms with E-state index in [1.54, 1.807) is 14.0 Å². The second-order valence-electron chi connectivity index (χ2n) is 3.97. The molecule has 1 rings (SSSR count). The first-order chi connectivity index (χ1) is 7.47. The van der Waals surface area contributed by atoms with Gasteiger partial charge in [0.15, 0.2) is 0 Å². The molecule has 1 amide bonds. The van der Waals surface area contributed by atoms with Crippen molar-refractivity contribution >= 4 is 11.6 Å². The van der Waals surface area contributed by atoms with Crippen LogP contribution in [-0.2, 0) is 7.05 Å². The third-order valence-corrected chi connectivity index (χ3v) is 2.41. The minimum atomic E-state index is -0.263. The van der Waals surface area contributed by atoms with E-state index >= 15 is 0 Å². The first-order valence-corrected chi connectivity index (χ1v) is 5.15. The zero-order chi connectivity index (χ0) is 12.3. The van der Waals surface area contributed by atoms with Crippen molar-refractivity contribution in [2.45, 2.75) is 13.8 Å². The van der Waals surface area contributed by atoms with Crippen LogP contribution < -0.4 is 11.1 Å². The highest BCUT2D eigenvalue weighted by molar-refractivity contribution is 5.97. The number of anilines is 1. The molecule has 6 nitrogen and oxygen atoms in total. The monoisotopic (exact) mass is 226 g/mol. The summed E-state index contributed by atoms with van der Waals surface area (Å²) in [5, 5.41) is 15.6. The van der Waals surface area contributed by atoms with Crippen molar-refractivity contribution in [2.75, 3.05) is 18.9 Å². The largest absolute Gasteiger partial charge is 0.396 e. The maximum Gasteiger partial charge on any atom is 0.271 e. The summed E-state index contributed by atoms with van der Waals surface area (Å²) in [5.41, 5.74) is 7.15. The summed E-state index contributed by atoms with van der Waals surface area (Å²) in [5.74, 6) is -0.236. The summed E-state index contributed by atoms with van der Waals surface area (Å²) < 4.78 is 1.46. The van der Waals surface area contributed by atoms with Crippen LogP contribution in [0.15, 0.2) is 0 Å². The molecular formula is C10H18N4O2. The van der Waals surface area contributed by atoms with Crippen molar-refractivity contribution < 1.29 is 9.90 Å². The van der Waals surface area contributed by atoms with Crippen LogP contribution in [0.2, 0.25) is 0 Å². The Kier molecular flexibility index (Phi) is 3.89. The van der Waals surface area contributed by atoms with Crippen LogP contribution in [0.3, 0.4) is 0 Å². The zero-order valence-electron chi connectivity index (χ0n) is 9.82. The molecule has 6 heteroatoms. The van der Waals surface area contributed by atoms with Gasteiger partial charge in [-0.05, 0) is 12.8 Å². The van der Waals surface area contributed by atoms with Gasteiger partial charge in [-0.25, -0.2) is 0 Å². The molecule has 0 saturated heterocycles. The fraction of sp³-hybridized carbons (Fsp3) is 0.600. The standard InChI is InChI=1S/C10H18N4O2/c1-6(5-15)4-12-10(16)9-8(11)7(2)13-14(9)3/h6,15H,4-5,11H2,1-3H3,(H,12,16). The van der Waals surface area contributed by atoms with Gasteiger partial charge in [0.05, 0.1) is 11.4 Å². The predicted molar refractivity (Wildman–Crippen MR) is 60.9 cm³/mol. The van der Waals surface area contributed by atoms with E-state index in [9.17, 15) is 4.79 Å². The molecule has 0 aliphatic rings. The summed E-state index contributed by atoms with van der Waals surface area (Å²) in [6.45, 7) is 4.06. The number of aryl methyl sites for hydroxylation is 2. The molecule has 0 aliphatic heterocycles. The Balaban J connectivity index is 2.73. The molecule has 0 radical (unpaired) electrons. The van der Waals surface area contributed by atoms with Gasteiger partial charge in [0, 0.05) is 20.2 Å². The molecular weight excluding hydrogens is 208 g/mol. The summed E-state index contributed by atoms with van der Waals surface area (Å²) in [6, 6.07) is 0. The fourth-order valence-electron chi connectivity index (χ4n) is 1.36. The highest BCUT2D eigenvalue weighted by atomic mass is 16.3. The minimum Gasteiger partial charge on any atom is -0.396 e. The number of nitrogens with one attached hydrogen (secondary N) is 1. The number of amides is 1. The van der Waals surface area contributed by atoms with Gasteiger partial charge >= 0.3 is 0 Å². The Morgan fingerprint density at radius 2 is 2.31 bits per heavy atom.